The molecule has 0 unspecified atom stereocenters. The largest absolute Gasteiger partial charge is 0.480 e. The van der Waals surface area contributed by atoms with Crippen LogP contribution in [-0.2, 0) is 47.9 Å². The average Bonchev–Trinajstić information content (AvgIpc) is 3.22. The molecule has 0 aromatic carbocycles. The third-order valence-corrected chi connectivity index (χ3v) is 10.8. The van der Waals surface area contributed by atoms with E-state index in [1.54, 1.807) is 20.1 Å². The van der Waals surface area contributed by atoms with E-state index in [2.05, 4.69) is 42.5 Å². The molecular weight excluding hydrogens is 873 g/mol. The van der Waals surface area contributed by atoms with E-state index < -0.39 is 132 Å². The molecule has 0 aliphatic rings. The highest BCUT2D eigenvalue weighted by Gasteiger charge is 2.36. The number of aliphatic hydroxyl groups is 2. The number of rotatable bonds is 31. The smallest absolute Gasteiger partial charge is 0.325 e. The molecule has 0 aliphatic carbocycles. The second-order valence-electron chi connectivity index (χ2n) is 17.0. The number of hydrogen-bond donors (Lipinski definition) is 13. The fourth-order valence-corrected chi connectivity index (χ4v) is 6.49. The van der Waals surface area contributed by atoms with Crippen LogP contribution in [0.5, 0.6) is 0 Å². The maximum absolute atomic E-state index is 13.8. The van der Waals surface area contributed by atoms with Crippen LogP contribution in [0, 0.1) is 17.8 Å². The van der Waals surface area contributed by atoms with Gasteiger partial charge < -0.3 is 69.3 Å². The first-order chi connectivity index (χ1) is 30.2. The maximum atomic E-state index is 13.8. The number of hydrogen-bond acceptors (Lipinski definition) is 14. The molecule has 0 aromatic heterocycles. The zero-order valence-corrected chi connectivity index (χ0v) is 40.0. The van der Waals surface area contributed by atoms with Gasteiger partial charge in [0.15, 0.2) is 0 Å². The lowest BCUT2D eigenvalue weighted by molar-refractivity contribution is -0.142. The van der Waals surface area contributed by atoms with Crippen LogP contribution in [0.3, 0.4) is 0 Å². The second-order valence-corrected chi connectivity index (χ2v) is 18.0. The van der Waals surface area contributed by atoms with E-state index in [-0.39, 0.29) is 43.9 Å². The van der Waals surface area contributed by atoms with Crippen molar-refractivity contribution in [3.05, 3.63) is 0 Å². The minimum Gasteiger partial charge on any atom is -0.480 e. The number of aliphatic carboxylic acids is 1. The monoisotopic (exact) mass is 947 g/mol. The third-order valence-electron chi connectivity index (χ3n) is 10.1. The van der Waals surface area contributed by atoms with Crippen molar-refractivity contribution in [1.29, 1.82) is 0 Å². The summed E-state index contributed by atoms with van der Waals surface area (Å²) in [7, 11) is 0. The van der Waals surface area contributed by atoms with Gasteiger partial charge in [-0.15, -0.1) is 0 Å². The molecule has 9 amide bonds. The van der Waals surface area contributed by atoms with Gasteiger partial charge in [0.25, 0.3) is 0 Å². The third kappa shape index (κ3) is 22.6. The van der Waals surface area contributed by atoms with Crippen molar-refractivity contribution in [2.75, 3.05) is 18.6 Å². The Morgan fingerprint density at radius 1 is 0.554 bits per heavy atom. The van der Waals surface area contributed by atoms with Crippen molar-refractivity contribution < 1.29 is 63.3 Å². The Kier molecular flexibility index (Phi) is 27.8. The van der Waals surface area contributed by atoms with Gasteiger partial charge in [-0.2, -0.15) is 11.8 Å². The van der Waals surface area contributed by atoms with Crippen LogP contribution in [-0.4, -0.2) is 154 Å². The molecule has 65 heavy (non-hydrogen) atoms. The van der Waals surface area contributed by atoms with Gasteiger partial charge in [0.05, 0.1) is 12.7 Å². The van der Waals surface area contributed by atoms with E-state index in [9.17, 15) is 63.3 Å². The van der Waals surface area contributed by atoms with Crippen LogP contribution in [0.1, 0.15) is 101 Å². The average molecular weight is 947 g/mol. The number of amides is 9. The summed E-state index contributed by atoms with van der Waals surface area (Å²) < 4.78 is 0. The molecule has 0 saturated carbocycles. The summed E-state index contributed by atoms with van der Waals surface area (Å²) in [6.45, 7) is 13.7. The first-order valence-electron chi connectivity index (χ1n) is 21.7. The van der Waals surface area contributed by atoms with E-state index in [1.165, 1.54) is 32.5 Å². The highest BCUT2D eigenvalue weighted by Crippen LogP contribution is 2.13. The lowest BCUT2D eigenvalue weighted by Crippen LogP contribution is -2.62. The molecule has 0 fully saturated rings. The molecule has 372 valence electrons. The topological polar surface area (TPSA) is 380 Å². The van der Waals surface area contributed by atoms with Gasteiger partial charge in [-0.3, -0.25) is 47.9 Å². The van der Waals surface area contributed by atoms with Gasteiger partial charge in [-0.1, -0.05) is 48.0 Å². The zero-order valence-electron chi connectivity index (χ0n) is 39.1. The van der Waals surface area contributed by atoms with Crippen LogP contribution < -0.4 is 54.0 Å². The molecule has 15 N–H and O–H groups in total. The van der Waals surface area contributed by atoms with E-state index in [1.807, 2.05) is 27.7 Å². The lowest BCUT2D eigenvalue weighted by Gasteiger charge is -2.30. The molecule has 0 radical (unpaired) electrons. The number of aliphatic hydroxyl groups excluding tert-OH is 2. The number of carbonyl (C=O) groups excluding carboxylic acids is 9. The summed E-state index contributed by atoms with van der Waals surface area (Å²) >= 11 is 1.39. The molecule has 11 atom stereocenters. The van der Waals surface area contributed by atoms with Crippen LogP contribution in [0.4, 0.5) is 0 Å². The predicted octanol–water partition coefficient (Wildman–Crippen LogP) is -3.15. The van der Waals surface area contributed by atoms with Crippen molar-refractivity contribution >= 4 is 70.9 Å². The second kappa shape index (κ2) is 30.2. The van der Waals surface area contributed by atoms with Crippen molar-refractivity contribution in [2.24, 2.45) is 29.2 Å². The highest BCUT2D eigenvalue weighted by atomic mass is 32.2. The van der Waals surface area contributed by atoms with Crippen LogP contribution in [0.15, 0.2) is 0 Å². The maximum Gasteiger partial charge on any atom is 0.325 e. The van der Waals surface area contributed by atoms with Gasteiger partial charge in [0.2, 0.25) is 53.2 Å². The van der Waals surface area contributed by atoms with E-state index in [4.69, 9.17) is 11.5 Å². The number of nitrogens with one attached hydrogen (secondary N) is 8. The summed E-state index contributed by atoms with van der Waals surface area (Å²) in [6, 6.07) is -11.9. The Bertz CT molecular complexity index is 1640. The summed E-state index contributed by atoms with van der Waals surface area (Å²) in [5, 5.41) is 48.9. The lowest BCUT2D eigenvalue weighted by atomic mass is 9.97. The van der Waals surface area contributed by atoms with Gasteiger partial charge in [0, 0.05) is 6.42 Å². The van der Waals surface area contributed by atoms with Crippen LogP contribution >= 0.6 is 11.8 Å². The molecule has 0 aromatic rings. The fourth-order valence-electron chi connectivity index (χ4n) is 6.02. The summed E-state index contributed by atoms with van der Waals surface area (Å²) in [6.07, 6.45) is 0.293. The minimum atomic E-state index is -1.71. The first-order valence-corrected chi connectivity index (χ1v) is 23.1. The molecule has 0 rings (SSSR count). The molecule has 0 spiro atoms. The molecule has 23 nitrogen and oxygen atoms in total. The number of nitrogens with two attached hydrogens (primary N) is 2. The van der Waals surface area contributed by atoms with Crippen molar-refractivity contribution in [3.8, 4) is 0 Å². The molecule has 0 aliphatic heterocycles. The van der Waals surface area contributed by atoms with E-state index in [0.29, 0.717) is 12.2 Å². The molecule has 24 heteroatoms. The quantitative estimate of drug-likeness (QED) is 0.0326. The van der Waals surface area contributed by atoms with Gasteiger partial charge in [-0.05, 0) is 76.2 Å². The van der Waals surface area contributed by atoms with Crippen molar-refractivity contribution in [3.63, 3.8) is 0 Å². The van der Waals surface area contributed by atoms with Gasteiger partial charge in [0.1, 0.15) is 54.4 Å². The number of thioether (sulfide) groups is 1. The van der Waals surface area contributed by atoms with Gasteiger partial charge in [-0.25, -0.2) is 0 Å². The zero-order chi connectivity index (χ0) is 50.3. The van der Waals surface area contributed by atoms with Crippen LogP contribution in [0.2, 0.25) is 0 Å². The van der Waals surface area contributed by atoms with E-state index in [0.717, 1.165) is 0 Å². The molecule has 0 bridgehead atoms. The molecule has 0 heterocycles. The first kappa shape index (κ1) is 59.9. The Morgan fingerprint density at radius 2 is 0.969 bits per heavy atom. The molecular formula is C41H74N10O13S. The number of carbonyl (C=O) groups is 10. The van der Waals surface area contributed by atoms with Crippen molar-refractivity contribution in [1.82, 2.24) is 42.5 Å². The normalized spacial score (nSPS) is 16.4. The summed E-state index contributed by atoms with van der Waals surface area (Å²) in [5.41, 5.74) is 10.8. The Balaban J connectivity index is 6.24. The summed E-state index contributed by atoms with van der Waals surface area (Å²) in [5.74, 6) is -9.21. The van der Waals surface area contributed by atoms with Crippen molar-refractivity contribution in [2.45, 2.75) is 161 Å². The predicted molar refractivity (Wildman–Crippen MR) is 241 cm³/mol. The van der Waals surface area contributed by atoms with Crippen LogP contribution in [0.25, 0.3) is 0 Å². The molecule has 0 saturated heterocycles. The number of carboxylic acid groups (broad SMARTS) is 1. The van der Waals surface area contributed by atoms with Gasteiger partial charge >= 0.3 is 5.97 Å². The highest BCUT2D eigenvalue weighted by molar-refractivity contribution is 7.98. The number of carboxylic acids is 1. The Morgan fingerprint density at radius 3 is 1.40 bits per heavy atom. The van der Waals surface area contributed by atoms with E-state index >= 15 is 0 Å². The fraction of sp³-hybridized carbons (Fsp3) is 0.756. The Labute approximate surface area is 385 Å². The SMILES string of the molecule is CC[C@H](C)[C@H](NC(=O)[C@H](C)NC(=O)[C@H](CCSC)NC(=O)[C@H](CC(C)C)NC(=O)[C@H](CC(C)C)NC(=O)[C@@H](N)CO)C(=O)N[C@H](C(=O)N[C@@H](CCC(N)=O)C(=O)N[C@@H](C)C(=O)O)[C@@H](C)O. The summed E-state index contributed by atoms with van der Waals surface area (Å²) in [4.78, 5) is 130. The number of primary amides is 1. The standard InChI is InChI=1S/C41H74N10O13S/c1-11-21(6)31(39(61)51-32(24(9)53)40(62)47-26(12-13-30(43)54)35(57)45-23(8)41(63)64)50-33(55)22(7)44-36(58)27(14-15-65-10)46-37(59)29(17-20(4)5)49-38(60)28(16-19(2)3)48-34(56)25(42)18-52/h19-29,31-32,52-53H,11-18,42H2,1-10H3,(H2,43,54)(H,44,58)(H,45,57)(H,46,59)(H,47,62)(H,48,56)(H,49,60)(H,50,55)(H,51,61)(H,63,64)/t21-,22-,23-,24+,25-,26-,27-,28-,29-,31-,32-/m0/s1. The Hall–Kier alpha value is -5.07. The minimum absolute atomic E-state index is 0.0610.